The first-order chi connectivity index (χ1) is 10.2. The summed E-state index contributed by atoms with van der Waals surface area (Å²) in [4.78, 5) is 22.8. The molecule has 2 aromatic carbocycles. The second-order valence-electron chi connectivity index (χ2n) is 4.44. The van der Waals surface area contributed by atoms with E-state index < -0.39 is 5.97 Å². The standard InChI is InChI=1S/C16H16N2O3/c19-15(10-17-12-6-2-1-3-7-12)13-8-4-5-9-14(13)18-11-16(20)21/h1-9,17-18H,10-11H2,(H,20,21). The van der Waals surface area contributed by atoms with Crippen LogP contribution in [0, 0.1) is 0 Å². The van der Waals surface area contributed by atoms with Crippen molar-refractivity contribution in [3.63, 3.8) is 0 Å². The van der Waals surface area contributed by atoms with Crippen LogP contribution in [0.4, 0.5) is 11.4 Å². The molecule has 0 aliphatic carbocycles. The van der Waals surface area contributed by atoms with Crippen LogP contribution in [-0.4, -0.2) is 29.9 Å². The van der Waals surface area contributed by atoms with Crippen molar-refractivity contribution in [3.8, 4) is 0 Å². The Morgan fingerprint density at radius 2 is 1.52 bits per heavy atom. The van der Waals surface area contributed by atoms with Crippen molar-refractivity contribution in [2.24, 2.45) is 0 Å². The zero-order valence-corrected chi connectivity index (χ0v) is 11.4. The lowest BCUT2D eigenvalue weighted by molar-refractivity contribution is -0.134. The van der Waals surface area contributed by atoms with Gasteiger partial charge in [-0.2, -0.15) is 0 Å². The summed E-state index contributed by atoms with van der Waals surface area (Å²) in [5, 5.41) is 14.5. The van der Waals surface area contributed by atoms with Gasteiger partial charge in [-0.15, -0.1) is 0 Å². The van der Waals surface area contributed by atoms with E-state index in [0.29, 0.717) is 11.3 Å². The number of nitrogens with one attached hydrogen (secondary N) is 2. The summed E-state index contributed by atoms with van der Waals surface area (Å²) in [5.74, 6) is -1.08. The van der Waals surface area contributed by atoms with E-state index in [1.165, 1.54) is 0 Å². The van der Waals surface area contributed by atoms with Gasteiger partial charge in [0.05, 0.1) is 6.54 Å². The van der Waals surface area contributed by atoms with E-state index in [2.05, 4.69) is 10.6 Å². The molecule has 0 spiro atoms. The predicted molar refractivity (Wildman–Crippen MR) is 81.8 cm³/mol. The van der Waals surface area contributed by atoms with Crippen molar-refractivity contribution in [3.05, 3.63) is 60.2 Å². The Hall–Kier alpha value is -2.82. The first-order valence-corrected chi connectivity index (χ1v) is 6.53. The highest BCUT2D eigenvalue weighted by atomic mass is 16.4. The van der Waals surface area contributed by atoms with Gasteiger partial charge in [0.2, 0.25) is 0 Å². The summed E-state index contributed by atoms with van der Waals surface area (Å²) in [5.41, 5.74) is 1.86. The van der Waals surface area contributed by atoms with Gasteiger partial charge in [-0.25, -0.2) is 0 Å². The SMILES string of the molecule is O=C(O)CNc1ccccc1C(=O)CNc1ccccc1. The first kappa shape index (κ1) is 14.6. The van der Waals surface area contributed by atoms with Crippen LogP contribution in [0.25, 0.3) is 0 Å². The summed E-state index contributed by atoms with van der Waals surface area (Å²) in [6, 6.07) is 16.3. The number of hydrogen-bond acceptors (Lipinski definition) is 4. The van der Waals surface area contributed by atoms with Crippen LogP contribution < -0.4 is 10.6 Å². The molecule has 3 N–H and O–H groups in total. The monoisotopic (exact) mass is 284 g/mol. The molecule has 0 aromatic heterocycles. The Bertz CT molecular complexity index is 626. The minimum absolute atomic E-state index is 0.104. The van der Waals surface area contributed by atoms with Gasteiger partial charge in [-0.3, -0.25) is 9.59 Å². The van der Waals surface area contributed by atoms with Crippen molar-refractivity contribution in [1.29, 1.82) is 0 Å². The molecule has 2 rings (SSSR count). The number of benzene rings is 2. The van der Waals surface area contributed by atoms with Crippen LogP contribution in [0.5, 0.6) is 0 Å². The molecule has 0 amide bonds. The lowest BCUT2D eigenvalue weighted by Gasteiger charge is -2.10. The smallest absolute Gasteiger partial charge is 0.322 e. The molecule has 2 aromatic rings. The van der Waals surface area contributed by atoms with Crippen molar-refractivity contribution < 1.29 is 14.7 Å². The van der Waals surface area contributed by atoms with E-state index in [0.717, 1.165) is 5.69 Å². The van der Waals surface area contributed by atoms with Crippen LogP contribution in [0.15, 0.2) is 54.6 Å². The Balaban J connectivity index is 2.03. The highest BCUT2D eigenvalue weighted by Crippen LogP contribution is 2.16. The molecule has 0 aliphatic rings. The molecule has 0 unspecified atom stereocenters. The number of carboxylic acids is 1. The van der Waals surface area contributed by atoms with E-state index in [1.54, 1.807) is 24.3 Å². The number of carbonyl (C=O) groups is 2. The molecule has 0 aliphatic heterocycles. The van der Waals surface area contributed by atoms with Crippen molar-refractivity contribution in [1.82, 2.24) is 0 Å². The molecule has 0 fully saturated rings. The maximum Gasteiger partial charge on any atom is 0.322 e. The molecule has 21 heavy (non-hydrogen) atoms. The summed E-state index contributed by atoms with van der Waals surface area (Å²) < 4.78 is 0. The Morgan fingerprint density at radius 3 is 2.24 bits per heavy atom. The maximum absolute atomic E-state index is 12.2. The fourth-order valence-corrected chi connectivity index (χ4v) is 1.88. The largest absolute Gasteiger partial charge is 0.480 e. The molecule has 0 radical (unpaired) electrons. The van der Waals surface area contributed by atoms with E-state index in [4.69, 9.17) is 5.11 Å². The number of carbonyl (C=O) groups excluding carboxylic acids is 1. The molecule has 5 heteroatoms. The second-order valence-corrected chi connectivity index (χ2v) is 4.44. The van der Waals surface area contributed by atoms with Crippen LogP contribution in [-0.2, 0) is 4.79 Å². The summed E-state index contributed by atoms with van der Waals surface area (Å²) in [6.45, 7) is -0.0772. The second kappa shape index (κ2) is 7.09. The quantitative estimate of drug-likeness (QED) is 0.681. The van der Waals surface area contributed by atoms with E-state index >= 15 is 0 Å². The van der Waals surface area contributed by atoms with E-state index in [1.807, 2.05) is 30.3 Å². The minimum Gasteiger partial charge on any atom is -0.480 e. The number of Topliss-reactive ketones (excluding diaryl/α,β-unsaturated/α-hetero) is 1. The summed E-state index contributed by atoms with van der Waals surface area (Å²) >= 11 is 0. The highest BCUT2D eigenvalue weighted by molar-refractivity contribution is 6.03. The molecule has 0 atom stereocenters. The normalized spacial score (nSPS) is 9.90. The van der Waals surface area contributed by atoms with Crippen molar-refractivity contribution >= 4 is 23.1 Å². The number of rotatable bonds is 7. The van der Waals surface area contributed by atoms with E-state index in [-0.39, 0.29) is 18.9 Å². The number of para-hydroxylation sites is 2. The van der Waals surface area contributed by atoms with Crippen LogP contribution in [0.2, 0.25) is 0 Å². The van der Waals surface area contributed by atoms with Crippen molar-refractivity contribution in [2.45, 2.75) is 0 Å². The average molecular weight is 284 g/mol. The van der Waals surface area contributed by atoms with Gasteiger partial charge >= 0.3 is 5.97 Å². The highest BCUT2D eigenvalue weighted by Gasteiger charge is 2.11. The topological polar surface area (TPSA) is 78.4 Å². The van der Waals surface area contributed by atoms with Gasteiger partial charge in [-0.05, 0) is 24.3 Å². The first-order valence-electron chi connectivity index (χ1n) is 6.53. The number of anilines is 2. The lowest BCUT2D eigenvalue weighted by atomic mass is 10.1. The molecule has 0 bridgehead atoms. The van der Waals surface area contributed by atoms with Gasteiger partial charge in [0, 0.05) is 16.9 Å². The van der Waals surface area contributed by atoms with Gasteiger partial charge in [0.15, 0.2) is 5.78 Å². The third-order valence-electron chi connectivity index (χ3n) is 2.88. The van der Waals surface area contributed by atoms with Gasteiger partial charge < -0.3 is 15.7 Å². The number of aliphatic carboxylic acids is 1. The molecule has 0 heterocycles. The third kappa shape index (κ3) is 4.35. The molecular formula is C16H16N2O3. The number of ketones is 1. The average Bonchev–Trinajstić information content (AvgIpc) is 2.52. The van der Waals surface area contributed by atoms with Crippen LogP contribution in [0.1, 0.15) is 10.4 Å². The fraction of sp³-hybridized carbons (Fsp3) is 0.125. The zero-order valence-electron chi connectivity index (χ0n) is 11.4. The van der Waals surface area contributed by atoms with Crippen LogP contribution in [0.3, 0.4) is 0 Å². The van der Waals surface area contributed by atoms with Gasteiger partial charge in [0.25, 0.3) is 0 Å². The molecule has 5 nitrogen and oxygen atoms in total. The Labute approximate surface area is 122 Å². The zero-order chi connectivity index (χ0) is 15.1. The Kier molecular flexibility index (Phi) is 4.93. The van der Waals surface area contributed by atoms with Crippen LogP contribution >= 0.6 is 0 Å². The van der Waals surface area contributed by atoms with Crippen molar-refractivity contribution in [2.75, 3.05) is 23.7 Å². The lowest BCUT2D eigenvalue weighted by Crippen LogP contribution is -2.18. The minimum atomic E-state index is -0.973. The fourth-order valence-electron chi connectivity index (χ4n) is 1.88. The third-order valence-corrected chi connectivity index (χ3v) is 2.88. The summed E-state index contributed by atoms with van der Waals surface area (Å²) in [7, 11) is 0. The molecular weight excluding hydrogens is 268 g/mol. The molecule has 108 valence electrons. The van der Waals surface area contributed by atoms with Gasteiger partial charge in [-0.1, -0.05) is 30.3 Å². The Morgan fingerprint density at radius 1 is 0.857 bits per heavy atom. The van der Waals surface area contributed by atoms with Gasteiger partial charge in [0.1, 0.15) is 6.54 Å². The number of carboxylic acid groups (broad SMARTS) is 1. The molecule has 0 saturated heterocycles. The number of hydrogen-bond donors (Lipinski definition) is 3. The maximum atomic E-state index is 12.2. The summed E-state index contributed by atoms with van der Waals surface area (Å²) in [6.07, 6.45) is 0. The molecule has 0 saturated carbocycles. The predicted octanol–water partition coefficient (Wildman–Crippen LogP) is 2.48. The van der Waals surface area contributed by atoms with E-state index in [9.17, 15) is 9.59 Å².